The molecule has 1 aliphatic rings. The highest BCUT2D eigenvalue weighted by atomic mass is 32.2. The van der Waals surface area contributed by atoms with Gasteiger partial charge in [-0.3, -0.25) is 0 Å². The summed E-state index contributed by atoms with van der Waals surface area (Å²) in [5, 5.41) is 15.4. The molecule has 1 fully saturated rings. The zero-order chi connectivity index (χ0) is 26.4. The number of sulfonamides is 1. The van der Waals surface area contributed by atoms with Gasteiger partial charge in [0.2, 0.25) is 16.0 Å². The average molecular weight is 557 g/mol. The van der Waals surface area contributed by atoms with Crippen molar-refractivity contribution in [2.75, 3.05) is 30.4 Å². The van der Waals surface area contributed by atoms with Crippen LogP contribution < -0.4 is 5.32 Å². The van der Waals surface area contributed by atoms with Crippen molar-refractivity contribution >= 4 is 53.0 Å². The van der Waals surface area contributed by atoms with Gasteiger partial charge in [-0.15, -0.1) is 11.3 Å². The highest BCUT2D eigenvalue weighted by molar-refractivity contribution is 7.90. The summed E-state index contributed by atoms with van der Waals surface area (Å²) in [6.45, 7) is 2.11. The molecule has 1 aliphatic heterocycles. The van der Waals surface area contributed by atoms with E-state index >= 15 is 0 Å². The van der Waals surface area contributed by atoms with E-state index in [1.807, 2.05) is 34.5 Å². The van der Waals surface area contributed by atoms with Crippen molar-refractivity contribution in [3.63, 3.8) is 0 Å². The van der Waals surface area contributed by atoms with E-state index in [9.17, 15) is 22.1 Å². The summed E-state index contributed by atoms with van der Waals surface area (Å²) in [6, 6.07) is 12.4. The third-order valence-corrected chi connectivity index (χ3v) is 10.2. The van der Waals surface area contributed by atoms with Crippen LogP contribution in [0.2, 0.25) is 0 Å². The molecule has 0 bridgehead atoms. The second kappa shape index (κ2) is 9.21. The number of nitriles is 1. The van der Waals surface area contributed by atoms with Crippen LogP contribution >= 0.6 is 11.3 Å². The third kappa shape index (κ3) is 4.73. The molecule has 13 heteroatoms. The summed E-state index contributed by atoms with van der Waals surface area (Å²) in [7, 11) is -6.62. The van der Waals surface area contributed by atoms with Crippen LogP contribution in [0.1, 0.15) is 13.3 Å². The first kappa shape index (κ1) is 25.3. The fraction of sp³-hybridized carbons (Fsp3) is 0.292. The molecule has 1 aromatic carbocycles. The van der Waals surface area contributed by atoms with Gasteiger partial charge in [-0.05, 0) is 48.7 Å². The largest absolute Gasteiger partial charge is 0.344 e. The molecule has 1 N–H and O–H groups in total. The van der Waals surface area contributed by atoms with Crippen molar-refractivity contribution in [2.24, 2.45) is 0 Å². The van der Waals surface area contributed by atoms with Gasteiger partial charge < -0.3 is 9.88 Å². The lowest BCUT2D eigenvalue weighted by Gasteiger charge is -2.48. The maximum absolute atomic E-state index is 12.3. The predicted molar refractivity (Wildman–Crippen MR) is 143 cm³/mol. The fourth-order valence-electron chi connectivity index (χ4n) is 4.38. The predicted octanol–water partition coefficient (Wildman–Crippen LogP) is 3.58. The number of sulfone groups is 1. The van der Waals surface area contributed by atoms with Crippen molar-refractivity contribution in [2.45, 2.75) is 23.8 Å². The zero-order valence-electron chi connectivity index (χ0n) is 20.1. The van der Waals surface area contributed by atoms with E-state index in [0.717, 1.165) is 22.0 Å². The molecule has 3 aromatic heterocycles. The van der Waals surface area contributed by atoms with Crippen LogP contribution in [-0.4, -0.2) is 60.8 Å². The number of nitrogens with one attached hydrogen (secondary N) is 1. The fourth-order valence-corrected chi connectivity index (χ4v) is 7.01. The normalized spacial score (nSPS) is 15.8. The Morgan fingerprint density at radius 1 is 1.11 bits per heavy atom. The number of anilines is 2. The van der Waals surface area contributed by atoms with E-state index < -0.39 is 25.4 Å². The molecule has 0 amide bonds. The molecule has 0 atom stereocenters. The molecular weight excluding hydrogens is 533 g/mol. The molecule has 4 heterocycles. The minimum absolute atomic E-state index is 0.0242. The summed E-state index contributed by atoms with van der Waals surface area (Å²) < 4.78 is 51.4. The number of benzene rings is 1. The Labute approximate surface area is 219 Å². The summed E-state index contributed by atoms with van der Waals surface area (Å²) in [6.07, 6.45) is 5.11. The van der Waals surface area contributed by atoms with Crippen molar-refractivity contribution in [1.29, 1.82) is 5.26 Å². The highest BCUT2D eigenvalue weighted by Gasteiger charge is 2.48. The Bertz CT molecular complexity index is 1730. The number of hydrogen-bond acceptors (Lipinski definition) is 9. The van der Waals surface area contributed by atoms with Gasteiger partial charge in [-0.2, -0.15) is 9.57 Å². The molecule has 0 unspecified atom stereocenters. The SMILES string of the molecule is CCS(=O)(=O)N1CC(CC#N)(n2ccc(-c3nc(Nc4ccc(S(C)(=O)=O)cc4)nc4sccc34)c2)C1. The number of fused-ring (bicyclic) bond motifs is 1. The van der Waals surface area contributed by atoms with Crippen molar-refractivity contribution in [3.8, 4) is 17.3 Å². The van der Waals surface area contributed by atoms with E-state index in [-0.39, 0.29) is 30.2 Å². The first-order valence-corrected chi connectivity index (χ1v) is 15.8. The van der Waals surface area contributed by atoms with Crippen molar-refractivity contribution < 1.29 is 16.8 Å². The van der Waals surface area contributed by atoms with Crippen LogP contribution in [-0.2, 0) is 25.4 Å². The monoisotopic (exact) mass is 556 g/mol. The Balaban J connectivity index is 1.47. The van der Waals surface area contributed by atoms with Gasteiger partial charge in [-0.25, -0.2) is 26.8 Å². The number of rotatable bonds is 8. The Kier molecular flexibility index (Phi) is 6.31. The minimum Gasteiger partial charge on any atom is -0.344 e. The summed E-state index contributed by atoms with van der Waals surface area (Å²) in [5.41, 5.74) is 1.53. The van der Waals surface area contributed by atoms with Crippen molar-refractivity contribution in [3.05, 3.63) is 54.2 Å². The van der Waals surface area contributed by atoms with Crippen LogP contribution in [0.15, 0.2) is 59.1 Å². The Hall–Kier alpha value is -3.31. The highest BCUT2D eigenvalue weighted by Crippen LogP contribution is 2.38. The molecule has 5 rings (SSSR count). The molecule has 4 aromatic rings. The molecule has 10 nitrogen and oxygen atoms in total. The number of aromatic nitrogens is 3. The lowest BCUT2D eigenvalue weighted by atomic mass is 9.89. The smallest absolute Gasteiger partial charge is 0.229 e. The molecule has 37 heavy (non-hydrogen) atoms. The number of thiophene rings is 1. The van der Waals surface area contributed by atoms with Crippen LogP contribution in [0.5, 0.6) is 0 Å². The molecule has 1 saturated heterocycles. The van der Waals surface area contributed by atoms with Gasteiger partial charge >= 0.3 is 0 Å². The zero-order valence-corrected chi connectivity index (χ0v) is 22.6. The van der Waals surface area contributed by atoms with Crippen LogP contribution in [0.3, 0.4) is 0 Å². The first-order chi connectivity index (χ1) is 17.5. The van der Waals surface area contributed by atoms with E-state index in [4.69, 9.17) is 4.98 Å². The van der Waals surface area contributed by atoms with Crippen molar-refractivity contribution in [1.82, 2.24) is 18.8 Å². The van der Waals surface area contributed by atoms with Crippen LogP contribution in [0, 0.1) is 11.3 Å². The molecule has 0 saturated carbocycles. The first-order valence-electron chi connectivity index (χ1n) is 11.4. The maximum Gasteiger partial charge on any atom is 0.229 e. The lowest BCUT2D eigenvalue weighted by Crippen LogP contribution is -2.63. The molecular formula is C24H24N6O4S3. The maximum atomic E-state index is 12.3. The van der Waals surface area contributed by atoms with Gasteiger partial charge in [-0.1, -0.05) is 0 Å². The standard InChI is InChI=1S/C24H24N6O4S3/c1-3-37(33,34)30-15-24(16-30,10-11-25)29-12-8-17(14-29)21-20-9-13-35-22(20)28-23(27-21)26-18-4-6-19(7-5-18)36(2,31)32/h4-9,12-14H,3,10,15-16H2,1-2H3,(H,26,27,28). The van der Waals surface area contributed by atoms with E-state index in [2.05, 4.69) is 16.4 Å². The Morgan fingerprint density at radius 2 is 1.84 bits per heavy atom. The van der Waals surface area contributed by atoms with Gasteiger partial charge in [0.15, 0.2) is 9.84 Å². The quantitative estimate of drug-likeness (QED) is 0.348. The molecule has 0 aliphatic carbocycles. The van der Waals surface area contributed by atoms with E-state index in [1.165, 1.54) is 27.8 Å². The number of hydrogen-bond donors (Lipinski definition) is 1. The minimum atomic E-state index is -3.32. The van der Waals surface area contributed by atoms with Gasteiger partial charge in [0.1, 0.15) is 4.83 Å². The van der Waals surface area contributed by atoms with Gasteiger partial charge in [0.25, 0.3) is 0 Å². The van der Waals surface area contributed by atoms with Crippen LogP contribution in [0.25, 0.3) is 21.5 Å². The average Bonchev–Trinajstić information content (AvgIpc) is 3.50. The third-order valence-electron chi connectivity index (χ3n) is 6.49. The molecule has 192 valence electrons. The van der Waals surface area contributed by atoms with E-state index in [1.54, 1.807) is 19.1 Å². The van der Waals surface area contributed by atoms with Gasteiger partial charge in [0, 0.05) is 48.4 Å². The Morgan fingerprint density at radius 3 is 2.49 bits per heavy atom. The van der Waals surface area contributed by atoms with E-state index in [0.29, 0.717) is 17.3 Å². The van der Waals surface area contributed by atoms with Gasteiger partial charge in [0.05, 0.1) is 34.4 Å². The lowest BCUT2D eigenvalue weighted by molar-refractivity contribution is 0.0851. The topological polar surface area (TPSA) is 138 Å². The molecule has 0 radical (unpaired) electrons. The van der Waals surface area contributed by atoms with Crippen LogP contribution in [0.4, 0.5) is 11.6 Å². The summed E-state index contributed by atoms with van der Waals surface area (Å²) in [5.74, 6) is 0.386. The summed E-state index contributed by atoms with van der Waals surface area (Å²) >= 11 is 1.47. The number of nitrogens with zero attached hydrogens (tertiary/aromatic N) is 5. The molecule has 0 spiro atoms. The second-order valence-electron chi connectivity index (χ2n) is 8.99. The summed E-state index contributed by atoms with van der Waals surface area (Å²) in [4.78, 5) is 10.4. The second-order valence-corrected chi connectivity index (χ2v) is 14.2.